The van der Waals surface area contributed by atoms with Crippen LogP contribution in [0.3, 0.4) is 0 Å². The molecule has 15 heavy (non-hydrogen) atoms. The zero-order chi connectivity index (χ0) is 11.0. The number of anilines is 1. The molecule has 1 aliphatic carbocycles. The minimum atomic E-state index is 0.772. The van der Waals surface area contributed by atoms with Gasteiger partial charge < -0.3 is 5.73 Å². The van der Waals surface area contributed by atoms with Crippen molar-refractivity contribution in [2.45, 2.75) is 39.3 Å². The lowest BCUT2D eigenvalue weighted by molar-refractivity contribution is 0.312. The van der Waals surface area contributed by atoms with Crippen molar-refractivity contribution in [3.05, 3.63) is 23.0 Å². The minimum Gasteiger partial charge on any atom is -0.398 e. The monoisotopic (exact) mass is 205 g/mol. The summed E-state index contributed by atoms with van der Waals surface area (Å²) < 4.78 is 0. The number of pyridine rings is 1. The second-order valence-corrected chi connectivity index (χ2v) is 4.57. The van der Waals surface area contributed by atoms with E-state index >= 15 is 0 Å². The lowest BCUT2D eigenvalue weighted by atomic mass is 10.1. The largest absolute Gasteiger partial charge is 0.398 e. The molecule has 1 aromatic heterocycles. The van der Waals surface area contributed by atoms with E-state index in [2.05, 4.69) is 23.9 Å². The van der Waals surface area contributed by atoms with Crippen molar-refractivity contribution in [2.75, 3.05) is 12.8 Å². The Morgan fingerprint density at radius 2 is 2.13 bits per heavy atom. The molecule has 1 aliphatic rings. The number of nitrogens with zero attached hydrogens (tertiary/aromatic N) is 2. The summed E-state index contributed by atoms with van der Waals surface area (Å²) in [6.45, 7) is 4.98. The standard InChI is InChI=1S/C12H19N3/c1-8-6-14-11(9(2)12(8)13)7-15(3)10-4-5-10/h6,10H,4-5,7H2,1-3H3,(H2,13,14). The first-order valence-corrected chi connectivity index (χ1v) is 5.50. The molecule has 0 atom stereocenters. The van der Waals surface area contributed by atoms with Crippen LogP contribution in [0, 0.1) is 13.8 Å². The van der Waals surface area contributed by atoms with Crippen LogP contribution in [-0.4, -0.2) is 23.0 Å². The topological polar surface area (TPSA) is 42.2 Å². The summed E-state index contributed by atoms with van der Waals surface area (Å²) in [6, 6.07) is 0.772. The molecule has 3 heteroatoms. The molecule has 2 rings (SSSR count). The number of nitrogen functional groups attached to an aromatic ring is 1. The highest BCUT2D eigenvalue weighted by Gasteiger charge is 2.26. The van der Waals surface area contributed by atoms with Crippen LogP contribution in [0.4, 0.5) is 5.69 Å². The smallest absolute Gasteiger partial charge is 0.0593 e. The highest BCUT2D eigenvalue weighted by atomic mass is 15.2. The van der Waals surface area contributed by atoms with Crippen LogP contribution in [0.1, 0.15) is 29.7 Å². The molecular weight excluding hydrogens is 186 g/mol. The van der Waals surface area contributed by atoms with E-state index in [-0.39, 0.29) is 0 Å². The van der Waals surface area contributed by atoms with Gasteiger partial charge in [0.2, 0.25) is 0 Å². The van der Waals surface area contributed by atoms with E-state index in [0.717, 1.165) is 35.1 Å². The normalized spacial score (nSPS) is 16.0. The van der Waals surface area contributed by atoms with Crippen molar-refractivity contribution in [2.24, 2.45) is 0 Å². The predicted molar refractivity (Wildman–Crippen MR) is 62.6 cm³/mol. The Hall–Kier alpha value is -1.09. The average molecular weight is 205 g/mol. The van der Waals surface area contributed by atoms with E-state index in [0.29, 0.717) is 0 Å². The maximum absolute atomic E-state index is 5.99. The molecule has 82 valence electrons. The summed E-state index contributed by atoms with van der Waals surface area (Å²) in [7, 11) is 2.16. The Kier molecular flexibility index (Phi) is 2.65. The molecule has 0 unspecified atom stereocenters. The Morgan fingerprint density at radius 3 is 2.73 bits per heavy atom. The van der Waals surface area contributed by atoms with Crippen LogP contribution in [0.25, 0.3) is 0 Å². The molecule has 1 aromatic rings. The average Bonchev–Trinajstić information content (AvgIpc) is 3.02. The second-order valence-electron chi connectivity index (χ2n) is 4.57. The first kappa shape index (κ1) is 10.4. The highest BCUT2D eigenvalue weighted by Crippen LogP contribution is 2.27. The second kappa shape index (κ2) is 3.81. The number of hydrogen-bond donors (Lipinski definition) is 1. The predicted octanol–water partition coefficient (Wildman–Crippen LogP) is 1.87. The first-order chi connectivity index (χ1) is 7.09. The van der Waals surface area contributed by atoms with E-state index < -0.39 is 0 Å². The van der Waals surface area contributed by atoms with Gasteiger partial charge in [-0.1, -0.05) is 0 Å². The fraction of sp³-hybridized carbons (Fsp3) is 0.583. The van der Waals surface area contributed by atoms with Crippen LogP contribution in [0.2, 0.25) is 0 Å². The molecule has 0 bridgehead atoms. The molecule has 1 saturated carbocycles. The molecule has 1 heterocycles. The lowest BCUT2D eigenvalue weighted by Crippen LogP contribution is -2.21. The van der Waals surface area contributed by atoms with Gasteiger partial charge in [-0.25, -0.2) is 0 Å². The van der Waals surface area contributed by atoms with Gasteiger partial charge in [-0.15, -0.1) is 0 Å². The van der Waals surface area contributed by atoms with Gasteiger partial charge in [-0.2, -0.15) is 0 Å². The van der Waals surface area contributed by atoms with Crippen molar-refractivity contribution in [3.63, 3.8) is 0 Å². The van der Waals surface area contributed by atoms with Gasteiger partial charge in [0, 0.05) is 24.5 Å². The number of hydrogen-bond acceptors (Lipinski definition) is 3. The fourth-order valence-corrected chi connectivity index (χ4v) is 1.83. The summed E-state index contributed by atoms with van der Waals surface area (Å²) in [6.07, 6.45) is 4.53. The quantitative estimate of drug-likeness (QED) is 0.819. The Bertz CT molecular complexity index is 369. The van der Waals surface area contributed by atoms with Gasteiger partial charge in [0.1, 0.15) is 0 Å². The summed E-state index contributed by atoms with van der Waals surface area (Å²) in [5, 5.41) is 0. The molecule has 0 aromatic carbocycles. The molecule has 3 nitrogen and oxygen atoms in total. The van der Waals surface area contributed by atoms with E-state index in [9.17, 15) is 0 Å². The molecule has 0 spiro atoms. The summed E-state index contributed by atoms with van der Waals surface area (Å²) in [5.74, 6) is 0. The highest BCUT2D eigenvalue weighted by molar-refractivity contribution is 5.53. The molecule has 0 saturated heterocycles. The fourth-order valence-electron chi connectivity index (χ4n) is 1.83. The summed E-state index contributed by atoms with van der Waals surface area (Å²) in [4.78, 5) is 6.83. The molecule has 1 fully saturated rings. The van der Waals surface area contributed by atoms with Crippen LogP contribution in [-0.2, 0) is 6.54 Å². The molecule has 0 amide bonds. The van der Waals surface area contributed by atoms with Gasteiger partial charge in [0.05, 0.1) is 5.69 Å². The zero-order valence-corrected chi connectivity index (χ0v) is 9.75. The van der Waals surface area contributed by atoms with Gasteiger partial charge in [-0.05, 0) is 44.9 Å². The maximum atomic E-state index is 5.99. The maximum Gasteiger partial charge on any atom is 0.0593 e. The Morgan fingerprint density at radius 1 is 1.47 bits per heavy atom. The van der Waals surface area contributed by atoms with E-state index in [1.807, 2.05) is 13.1 Å². The van der Waals surface area contributed by atoms with Crippen molar-refractivity contribution in [1.29, 1.82) is 0 Å². The van der Waals surface area contributed by atoms with Crippen LogP contribution in [0.5, 0.6) is 0 Å². The van der Waals surface area contributed by atoms with Crippen molar-refractivity contribution >= 4 is 5.69 Å². The van der Waals surface area contributed by atoms with Gasteiger partial charge in [0.25, 0.3) is 0 Å². The number of nitrogens with two attached hydrogens (primary N) is 1. The third-order valence-electron chi connectivity index (χ3n) is 3.25. The molecule has 2 N–H and O–H groups in total. The lowest BCUT2D eigenvalue weighted by Gasteiger charge is -2.17. The Balaban J connectivity index is 2.17. The van der Waals surface area contributed by atoms with Crippen LogP contribution >= 0.6 is 0 Å². The van der Waals surface area contributed by atoms with Crippen molar-refractivity contribution < 1.29 is 0 Å². The van der Waals surface area contributed by atoms with Crippen molar-refractivity contribution in [3.8, 4) is 0 Å². The van der Waals surface area contributed by atoms with Crippen molar-refractivity contribution in [1.82, 2.24) is 9.88 Å². The number of aromatic nitrogens is 1. The third kappa shape index (κ3) is 2.12. The van der Waals surface area contributed by atoms with E-state index in [1.165, 1.54) is 12.8 Å². The first-order valence-electron chi connectivity index (χ1n) is 5.50. The SMILES string of the molecule is Cc1cnc(CN(C)C2CC2)c(C)c1N. The summed E-state index contributed by atoms with van der Waals surface area (Å²) >= 11 is 0. The number of aryl methyl sites for hydroxylation is 1. The van der Waals surface area contributed by atoms with Crippen LogP contribution in [0.15, 0.2) is 6.20 Å². The zero-order valence-electron chi connectivity index (χ0n) is 9.75. The Labute approximate surface area is 91.3 Å². The molecule has 0 aliphatic heterocycles. The van der Waals surface area contributed by atoms with Gasteiger partial charge in [0.15, 0.2) is 0 Å². The third-order valence-corrected chi connectivity index (χ3v) is 3.25. The summed E-state index contributed by atoms with van der Waals surface area (Å²) in [5.41, 5.74) is 10.2. The van der Waals surface area contributed by atoms with E-state index in [4.69, 9.17) is 5.73 Å². The van der Waals surface area contributed by atoms with Crippen LogP contribution < -0.4 is 5.73 Å². The molecular formula is C12H19N3. The van der Waals surface area contributed by atoms with E-state index in [1.54, 1.807) is 0 Å². The number of rotatable bonds is 3. The minimum absolute atomic E-state index is 0.772. The van der Waals surface area contributed by atoms with Gasteiger partial charge in [-0.3, -0.25) is 9.88 Å². The molecule has 0 radical (unpaired) electrons. The van der Waals surface area contributed by atoms with Gasteiger partial charge >= 0.3 is 0 Å².